The van der Waals surface area contributed by atoms with Gasteiger partial charge in [-0.05, 0) is 103 Å². The van der Waals surface area contributed by atoms with Gasteiger partial charge in [0.1, 0.15) is 21.6 Å². The fourth-order valence-electron chi connectivity index (χ4n) is 6.50. The number of benzene rings is 4. The number of nitrogens with zero attached hydrogens (tertiary/aromatic N) is 2. The topological polar surface area (TPSA) is 104 Å². The molecule has 302 valence electrons. The van der Waals surface area contributed by atoms with Crippen molar-refractivity contribution in [1.82, 2.24) is 4.31 Å². The van der Waals surface area contributed by atoms with Crippen LogP contribution < -0.4 is 9.64 Å². The predicted molar refractivity (Wildman–Crippen MR) is 194 cm³/mol. The molecule has 0 aliphatic heterocycles. The van der Waals surface area contributed by atoms with E-state index in [0.717, 1.165) is 41.7 Å². The van der Waals surface area contributed by atoms with Gasteiger partial charge in [-0.15, -0.1) is 0 Å². The SMILES string of the molecule is O=C(O)c1ccc(N(Cc2cc(C3CC3)cc(C3CC3)c2)C(=O)CN(Cc2ccc(F)cc2C(F)(F)F)S(=O)(=O)c2c(F)c(Cl)c(F)c(Cl)c2F)c(OC2CC2)c1. The summed E-state index contributed by atoms with van der Waals surface area (Å²) in [6.45, 7) is -3.11. The maximum absolute atomic E-state index is 15.5. The quantitative estimate of drug-likeness (QED) is 0.0770. The maximum atomic E-state index is 15.5. The third kappa shape index (κ3) is 8.74. The van der Waals surface area contributed by atoms with Crippen molar-refractivity contribution < 1.29 is 58.6 Å². The Kier molecular flexibility index (Phi) is 11.0. The van der Waals surface area contributed by atoms with Gasteiger partial charge in [-0.1, -0.05) is 47.5 Å². The van der Waals surface area contributed by atoms with E-state index in [1.54, 1.807) is 0 Å². The number of aromatic carboxylic acids is 1. The Hall–Kier alpha value is -4.38. The number of rotatable bonds is 14. The lowest BCUT2D eigenvalue weighted by Gasteiger charge is -2.30. The fraction of sp³-hybridized carbons (Fsp3) is 0.333. The Morgan fingerprint density at radius 1 is 0.789 bits per heavy atom. The maximum Gasteiger partial charge on any atom is 0.416 e. The highest BCUT2D eigenvalue weighted by atomic mass is 35.5. The zero-order valence-corrected chi connectivity index (χ0v) is 31.8. The minimum atomic E-state index is -5.80. The van der Waals surface area contributed by atoms with Crippen molar-refractivity contribution in [3.05, 3.63) is 121 Å². The molecule has 0 aromatic heterocycles. The molecule has 0 saturated heterocycles. The van der Waals surface area contributed by atoms with E-state index in [-0.39, 0.29) is 51.9 Å². The molecule has 4 aromatic rings. The van der Waals surface area contributed by atoms with E-state index in [9.17, 15) is 45.1 Å². The summed E-state index contributed by atoms with van der Waals surface area (Å²) < 4.78 is 137. The highest BCUT2D eigenvalue weighted by Crippen LogP contribution is 2.46. The van der Waals surface area contributed by atoms with Crippen molar-refractivity contribution in [2.45, 2.75) is 80.6 Å². The first-order valence-corrected chi connectivity index (χ1v) is 19.9. The molecule has 0 atom stereocenters. The van der Waals surface area contributed by atoms with Crippen LogP contribution in [0, 0.1) is 23.3 Å². The van der Waals surface area contributed by atoms with Gasteiger partial charge >= 0.3 is 12.1 Å². The molecule has 1 N–H and O–H groups in total. The summed E-state index contributed by atoms with van der Waals surface area (Å²) in [7, 11) is -5.80. The number of carboxylic acid groups (broad SMARTS) is 1. The Morgan fingerprint density at radius 3 is 1.91 bits per heavy atom. The Morgan fingerprint density at radius 2 is 1.39 bits per heavy atom. The number of sulfonamides is 1. The normalized spacial score (nSPS) is 15.9. The second-order valence-corrected chi connectivity index (χ2v) is 16.9. The summed E-state index contributed by atoms with van der Waals surface area (Å²) in [5.41, 5.74) is -0.233. The third-order valence-corrected chi connectivity index (χ3v) is 12.4. The van der Waals surface area contributed by atoms with Gasteiger partial charge in [0, 0.05) is 6.54 Å². The van der Waals surface area contributed by atoms with Crippen LogP contribution in [0.25, 0.3) is 0 Å². The number of hydrogen-bond acceptors (Lipinski definition) is 5. The van der Waals surface area contributed by atoms with E-state index in [2.05, 4.69) is 6.07 Å². The van der Waals surface area contributed by atoms with E-state index >= 15 is 8.78 Å². The molecule has 3 aliphatic rings. The number of halogens is 9. The van der Waals surface area contributed by atoms with Crippen LogP contribution in [-0.2, 0) is 34.1 Å². The summed E-state index contributed by atoms with van der Waals surface area (Å²) in [6.07, 6.45) is -0.665. The van der Waals surface area contributed by atoms with Crippen molar-refractivity contribution in [3.8, 4) is 5.75 Å². The predicted octanol–water partition coefficient (Wildman–Crippen LogP) is 9.99. The van der Waals surface area contributed by atoms with Crippen molar-refractivity contribution >= 4 is 50.8 Å². The fourth-order valence-corrected chi connectivity index (χ4v) is 8.55. The van der Waals surface area contributed by atoms with E-state index in [0.29, 0.717) is 30.5 Å². The van der Waals surface area contributed by atoms with Crippen LogP contribution in [0.1, 0.15) is 88.5 Å². The molecular weight excluding hydrogens is 828 g/mol. The summed E-state index contributed by atoms with van der Waals surface area (Å²) in [6, 6.07) is 10.7. The van der Waals surface area contributed by atoms with Crippen LogP contribution in [0.15, 0.2) is 59.5 Å². The Labute approximate surface area is 331 Å². The second-order valence-electron chi connectivity index (χ2n) is 14.3. The van der Waals surface area contributed by atoms with Gasteiger partial charge in [0.2, 0.25) is 15.9 Å². The molecule has 1 amide bonds. The third-order valence-electron chi connectivity index (χ3n) is 9.90. The van der Waals surface area contributed by atoms with Crippen molar-refractivity contribution in [2.75, 3.05) is 11.4 Å². The first-order valence-electron chi connectivity index (χ1n) is 17.7. The molecular formula is C39H31Cl2F7N2O6S. The number of carbonyl (C=O) groups excluding carboxylic acids is 1. The average Bonchev–Trinajstić information content (AvgIpc) is 3.99. The van der Waals surface area contributed by atoms with Crippen LogP contribution in [-0.4, -0.2) is 42.4 Å². The van der Waals surface area contributed by atoms with Crippen molar-refractivity contribution in [3.63, 3.8) is 0 Å². The molecule has 3 aliphatic carbocycles. The number of hydrogen-bond donors (Lipinski definition) is 1. The van der Waals surface area contributed by atoms with Gasteiger partial charge in [0.25, 0.3) is 0 Å². The molecule has 3 saturated carbocycles. The standard InChI is InChI=1S/C39H31Cl2F7N2O6S/c40-32-34(43)33(41)36(45)37(35(32)44)57(54,55)49(17-23-5-7-26(42)15-28(23)39(46,47)48)18-31(51)50(29-10-6-22(38(52)53)14-30(29)56-27-8-9-27)16-19-11-24(20-1-2-20)13-25(12-19)21-3-4-21/h5-7,10-15,20-21,27H,1-4,8-9,16-18H2,(H,52,53). The van der Waals surface area contributed by atoms with Gasteiger partial charge in [-0.3, -0.25) is 4.79 Å². The molecule has 18 heteroatoms. The minimum Gasteiger partial charge on any atom is -0.488 e. The molecule has 7 rings (SSSR count). The van der Waals surface area contributed by atoms with Crippen LogP contribution >= 0.6 is 23.2 Å². The molecule has 0 heterocycles. The number of alkyl halides is 3. The number of carboxylic acids is 1. The summed E-state index contributed by atoms with van der Waals surface area (Å²) in [4.78, 5) is 25.8. The first kappa shape index (κ1) is 40.8. The molecule has 57 heavy (non-hydrogen) atoms. The van der Waals surface area contributed by atoms with Gasteiger partial charge in [-0.25, -0.2) is 30.8 Å². The molecule has 0 bridgehead atoms. The number of ether oxygens (including phenoxy) is 1. The van der Waals surface area contributed by atoms with Crippen molar-refractivity contribution in [2.24, 2.45) is 0 Å². The molecule has 0 radical (unpaired) electrons. The summed E-state index contributed by atoms with van der Waals surface area (Å²) >= 11 is 11.3. The van der Waals surface area contributed by atoms with E-state index < -0.39 is 90.5 Å². The highest BCUT2D eigenvalue weighted by molar-refractivity contribution is 7.89. The molecule has 8 nitrogen and oxygen atoms in total. The highest BCUT2D eigenvalue weighted by Gasteiger charge is 2.41. The molecule has 0 unspecified atom stereocenters. The number of amides is 1. The lowest BCUT2D eigenvalue weighted by Crippen LogP contribution is -2.43. The summed E-state index contributed by atoms with van der Waals surface area (Å²) in [5, 5.41) is 6.65. The molecule has 3 fully saturated rings. The largest absolute Gasteiger partial charge is 0.488 e. The summed E-state index contributed by atoms with van der Waals surface area (Å²) in [5.74, 6) is -9.57. The minimum absolute atomic E-state index is 0.0140. The molecule has 0 spiro atoms. The van der Waals surface area contributed by atoms with Crippen LogP contribution in [0.4, 0.5) is 36.4 Å². The van der Waals surface area contributed by atoms with Gasteiger partial charge in [0.15, 0.2) is 22.3 Å². The number of anilines is 1. The van der Waals surface area contributed by atoms with Gasteiger partial charge < -0.3 is 14.7 Å². The lowest BCUT2D eigenvalue weighted by molar-refractivity contribution is -0.138. The number of carbonyl (C=O) groups is 2. The lowest BCUT2D eigenvalue weighted by atomic mass is 9.99. The van der Waals surface area contributed by atoms with Crippen molar-refractivity contribution in [1.29, 1.82) is 0 Å². The first-order chi connectivity index (χ1) is 26.8. The average molecular weight is 860 g/mol. The van der Waals surface area contributed by atoms with Gasteiger partial charge in [0.05, 0.1) is 36.0 Å². The van der Waals surface area contributed by atoms with E-state index in [1.807, 2.05) is 12.1 Å². The molecule has 4 aromatic carbocycles. The van der Waals surface area contributed by atoms with Crippen LogP contribution in [0.3, 0.4) is 0 Å². The Balaban J connectivity index is 1.37. The van der Waals surface area contributed by atoms with E-state index in [1.165, 1.54) is 18.2 Å². The van der Waals surface area contributed by atoms with Crippen LogP contribution in [0.5, 0.6) is 5.75 Å². The van der Waals surface area contributed by atoms with Gasteiger partial charge in [-0.2, -0.15) is 17.5 Å². The smallest absolute Gasteiger partial charge is 0.416 e. The van der Waals surface area contributed by atoms with Crippen LogP contribution in [0.2, 0.25) is 10.0 Å². The Bertz CT molecular complexity index is 2340. The monoisotopic (exact) mass is 858 g/mol. The zero-order valence-electron chi connectivity index (χ0n) is 29.5. The van der Waals surface area contributed by atoms with E-state index in [4.69, 9.17) is 27.9 Å². The second kappa shape index (κ2) is 15.4. The zero-order chi connectivity index (χ0) is 41.1.